The molecule has 0 fully saturated rings. The zero-order valence-electron chi connectivity index (χ0n) is 13.1. The standard InChI is InChI=1S/C17H27NO2/c1-5-17(4,18(6-2)7-3)16(19)14-8-9-15-13(12-14)10-11-20-15/h8-9,12,16,19H,5-7,10-11H2,1-4H3. The fraction of sp³-hybridized carbons (Fsp3) is 0.647. The predicted molar refractivity (Wildman–Crippen MR) is 82.2 cm³/mol. The van der Waals surface area contributed by atoms with E-state index in [-0.39, 0.29) is 5.54 Å². The monoisotopic (exact) mass is 277 g/mol. The van der Waals surface area contributed by atoms with Gasteiger partial charge in [0.1, 0.15) is 5.75 Å². The van der Waals surface area contributed by atoms with Gasteiger partial charge in [0.05, 0.1) is 12.7 Å². The van der Waals surface area contributed by atoms with Crippen molar-refractivity contribution >= 4 is 0 Å². The molecule has 0 spiro atoms. The summed E-state index contributed by atoms with van der Waals surface area (Å²) in [5.74, 6) is 0.974. The SMILES string of the molecule is CCN(CC)C(C)(CC)C(O)c1ccc2c(c1)CCO2. The summed E-state index contributed by atoms with van der Waals surface area (Å²) in [4.78, 5) is 2.35. The van der Waals surface area contributed by atoms with E-state index < -0.39 is 6.10 Å². The molecule has 0 saturated heterocycles. The molecule has 1 heterocycles. The molecule has 1 aliphatic heterocycles. The first-order valence-corrected chi connectivity index (χ1v) is 7.75. The van der Waals surface area contributed by atoms with Crippen molar-refractivity contribution in [1.82, 2.24) is 4.90 Å². The van der Waals surface area contributed by atoms with Gasteiger partial charge in [-0.3, -0.25) is 4.90 Å². The van der Waals surface area contributed by atoms with Crippen molar-refractivity contribution in [3.05, 3.63) is 29.3 Å². The molecule has 0 aliphatic carbocycles. The summed E-state index contributed by atoms with van der Waals surface area (Å²) in [6.45, 7) is 11.3. The number of hydrogen-bond donors (Lipinski definition) is 1. The molecule has 1 N–H and O–H groups in total. The van der Waals surface area contributed by atoms with E-state index in [1.54, 1.807) is 0 Å². The van der Waals surface area contributed by atoms with Crippen molar-refractivity contribution in [2.75, 3.05) is 19.7 Å². The predicted octanol–water partition coefficient (Wildman–Crippen LogP) is 3.17. The largest absolute Gasteiger partial charge is 0.493 e. The Balaban J connectivity index is 2.30. The van der Waals surface area contributed by atoms with Crippen LogP contribution in [0.5, 0.6) is 5.75 Å². The highest BCUT2D eigenvalue weighted by Gasteiger charge is 2.37. The Kier molecular flexibility index (Phi) is 4.71. The Hall–Kier alpha value is -1.06. The van der Waals surface area contributed by atoms with Crippen LogP contribution in [0.4, 0.5) is 0 Å². The number of benzene rings is 1. The average molecular weight is 277 g/mol. The lowest BCUT2D eigenvalue weighted by Crippen LogP contribution is -2.50. The molecule has 0 saturated carbocycles. The summed E-state index contributed by atoms with van der Waals surface area (Å²) in [7, 11) is 0. The van der Waals surface area contributed by atoms with Gasteiger partial charge in [0.15, 0.2) is 0 Å². The van der Waals surface area contributed by atoms with Crippen LogP contribution < -0.4 is 4.74 Å². The van der Waals surface area contributed by atoms with Crippen LogP contribution in [-0.2, 0) is 6.42 Å². The molecule has 20 heavy (non-hydrogen) atoms. The second kappa shape index (κ2) is 6.15. The van der Waals surface area contributed by atoms with Gasteiger partial charge in [-0.05, 0) is 49.7 Å². The minimum Gasteiger partial charge on any atom is -0.493 e. The molecule has 1 aromatic rings. The van der Waals surface area contributed by atoms with Gasteiger partial charge in [0.25, 0.3) is 0 Å². The number of fused-ring (bicyclic) bond motifs is 1. The number of nitrogens with zero attached hydrogens (tertiary/aromatic N) is 1. The summed E-state index contributed by atoms with van der Waals surface area (Å²) >= 11 is 0. The lowest BCUT2D eigenvalue weighted by molar-refractivity contribution is -0.0214. The Morgan fingerprint density at radius 3 is 2.60 bits per heavy atom. The zero-order chi connectivity index (χ0) is 14.8. The lowest BCUT2D eigenvalue weighted by Gasteiger charge is -2.43. The highest BCUT2D eigenvalue weighted by Crippen LogP contribution is 2.36. The molecule has 3 nitrogen and oxygen atoms in total. The third-order valence-electron chi connectivity index (χ3n) is 4.82. The third kappa shape index (κ3) is 2.57. The zero-order valence-corrected chi connectivity index (χ0v) is 13.1. The van der Waals surface area contributed by atoms with Crippen LogP contribution >= 0.6 is 0 Å². The number of aliphatic hydroxyl groups is 1. The van der Waals surface area contributed by atoms with Crippen LogP contribution in [0.1, 0.15) is 51.3 Å². The van der Waals surface area contributed by atoms with Gasteiger partial charge in [-0.15, -0.1) is 0 Å². The van der Waals surface area contributed by atoms with Crippen molar-refractivity contribution in [2.45, 2.75) is 52.2 Å². The van der Waals surface area contributed by atoms with E-state index >= 15 is 0 Å². The van der Waals surface area contributed by atoms with E-state index in [2.05, 4.69) is 38.7 Å². The average Bonchev–Trinajstić information content (AvgIpc) is 2.94. The van der Waals surface area contributed by atoms with Crippen molar-refractivity contribution in [1.29, 1.82) is 0 Å². The first-order chi connectivity index (χ1) is 9.56. The van der Waals surface area contributed by atoms with Gasteiger partial charge >= 0.3 is 0 Å². The van der Waals surface area contributed by atoms with Crippen molar-refractivity contribution in [3.63, 3.8) is 0 Å². The van der Waals surface area contributed by atoms with E-state index in [0.29, 0.717) is 0 Å². The molecule has 2 rings (SSSR count). The summed E-state index contributed by atoms with van der Waals surface area (Å²) in [6.07, 6.45) is 1.39. The van der Waals surface area contributed by atoms with Crippen LogP contribution in [0.15, 0.2) is 18.2 Å². The maximum absolute atomic E-state index is 10.9. The maximum Gasteiger partial charge on any atom is 0.122 e. The van der Waals surface area contributed by atoms with E-state index in [0.717, 1.165) is 43.9 Å². The fourth-order valence-electron chi connectivity index (χ4n) is 3.27. The van der Waals surface area contributed by atoms with E-state index in [1.165, 1.54) is 5.56 Å². The fourth-order valence-corrected chi connectivity index (χ4v) is 3.27. The molecule has 0 amide bonds. The Morgan fingerprint density at radius 2 is 2.00 bits per heavy atom. The number of aliphatic hydroxyl groups excluding tert-OH is 1. The summed E-state index contributed by atoms with van der Waals surface area (Å²) < 4.78 is 5.54. The first-order valence-electron chi connectivity index (χ1n) is 7.75. The molecule has 1 aromatic carbocycles. The molecular formula is C17H27NO2. The molecule has 2 atom stereocenters. The van der Waals surface area contributed by atoms with Crippen LogP contribution in [0.2, 0.25) is 0 Å². The van der Waals surface area contributed by atoms with Crippen LogP contribution in [0.25, 0.3) is 0 Å². The number of hydrogen-bond acceptors (Lipinski definition) is 3. The summed E-state index contributed by atoms with van der Waals surface area (Å²) in [5.41, 5.74) is 2.00. The molecular weight excluding hydrogens is 250 g/mol. The van der Waals surface area contributed by atoms with Crippen molar-refractivity contribution < 1.29 is 9.84 Å². The van der Waals surface area contributed by atoms with E-state index in [4.69, 9.17) is 4.74 Å². The summed E-state index contributed by atoms with van der Waals surface area (Å²) in [5, 5.41) is 10.9. The number of rotatable bonds is 6. The smallest absolute Gasteiger partial charge is 0.122 e. The Morgan fingerprint density at radius 1 is 1.30 bits per heavy atom. The van der Waals surface area contributed by atoms with Gasteiger partial charge < -0.3 is 9.84 Å². The van der Waals surface area contributed by atoms with Crippen molar-refractivity contribution in [3.8, 4) is 5.75 Å². The van der Waals surface area contributed by atoms with Gasteiger partial charge in [0, 0.05) is 12.0 Å². The lowest BCUT2D eigenvalue weighted by atomic mass is 9.84. The van der Waals surface area contributed by atoms with E-state index in [1.807, 2.05) is 12.1 Å². The highest BCUT2D eigenvalue weighted by atomic mass is 16.5. The second-order valence-electron chi connectivity index (χ2n) is 5.75. The topological polar surface area (TPSA) is 32.7 Å². The molecule has 0 aromatic heterocycles. The molecule has 0 radical (unpaired) electrons. The van der Waals surface area contributed by atoms with Gasteiger partial charge in [-0.25, -0.2) is 0 Å². The van der Waals surface area contributed by atoms with Gasteiger partial charge in [0.2, 0.25) is 0 Å². The Bertz CT molecular complexity index is 456. The van der Waals surface area contributed by atoms with Gasteiger partial charge in [-0.2, -0.15) is 0 Å². The van der Waals surface area contributed by atoms with Crippen LogP contribution in [0.3, 0.4) is 0 Å². The Labute approximate surface area is 122 Å². The van der Waals surface area contributed by atoms with Crippen LogP contribution in [-0.4, -0.2) is 35.2 Å². The minimum absolute atomic E-state index is 0.225. The summed E-state index contributed by atoms with van der Waals surface area (Å²) in [6, 6.07) is 6.12. The molecule has 1 aliphatic rings. The van der Waals surface area contributed by atoms with Crippen LogP contribution in [0, 0.1) is 0 Å². The third-order valence-corrected chi connectivity index (χ3v) is 4.82. The number of ether oxygens (including phenoxy) is 1. The quantitative estimate of drug-likeness (QED) is 0.867. The maximum atomic E-state index is 10.9. The number of likely N-dealkylation sites (N-methyl/N-ethyl adjacent to an activating group) is 1. The van der Waals surface area contributed by atoms with E-state index in [9.17, 15) is 5.11 Å². The second-order valence-corrected chi connectivity index (χ2v) is 5.75. The normalized spacial score (nSPS) is 18.5. The highest BCUT2D eigenvalue weighted by molar-refractivity contribution is 5.41. The minimum atomic E-state index is -0.474. The van der Waals surface area contributed by atoms with Crippen molar-refractivity contribution in [2.24, 2.45) is 0 Å². The molecule has 112 valence electrons. The van der Waals surface area contributed by atoms with Gasteiger partial charge in [-0.1, -0.05) is 26.8 Å². The molecule has 3 heteroatoms. The molecule has 2 unspecified atom stereocenters. The first kappa shape index (κ1) is 15.3. The molecule has 0 bridgehead atoms.